The molecule has 110 valence electrons. The Labute approximate surface area is 124 Å². The number of hydrogen-bond donors (Lipinski definition) is 1. The van der Waals surface area contributed by atoms with Crippen molar-refractivity contribution in [3.63, 3.8) is 0 Å². The van der Waals surface area contributed by atoms with E-state index in [1.165, 1.54) is 10.9 Å². The van der Waals surface area contributed by atoms with Crippen LogP contribution in [-0.2, 0) is 20.0 Å². The van der Waals surface area contributed by atoms with E-state index in [1.54, 1.807) is 11.0 Å². The van der Waals surface area contributed by atoms with Crippen LogP contribution in [0.5, 0.6) is 0 Å². The highest BCUT2D eigenvalue weighted by atomic mass is 16.3. The summed E-state index contributed by atoms with van der Waals surface area (Å²) >= 11 is 0. The van der Waals surface area contributed by atoms with Crippen LogP contribution in [0.3, 0.4) is 0 Å². The minimum absolute atomic E-state index is 0.121. The van der Waals surface area contributed by atoms with Crippen molar-refractivity contribution in [1.82, 2.24) is 20.1 Å². The van der Waals surface area contributed by atoms with Gasteiger partial charge in [-0.1, -0.05) is 25.1 Å². The molecule has 2 heterocycles. The molecular formula is C16H20N4O. The summed E-state index contributed by atoms with van der Waals surface area (Å²) in [5.41, 5.74) is 2.23. The molecule has 5 heteroatoms. The van der Waals surface area contributed by atoms with Gasteiger partial charge >= 0.3 is 0 Å². The monoisotopic (exact) mass is 284 g/mol. The molecule has 0 fully saturated rings. The van der Waals surface area contributed by atoms with Crippen molar-refractivity contribution in [3.8, 4) is 0 Å². The van der Waals surface area contributed by atoms with Crippen LogP contribution in [0.1, 0.15) is 37.0 Å². The first kappa shape index (κ1) is 13.8. The Balaban J connectivity index is 1.82. The third-order valence-corrected chi connectivity index (χ3v) is 3.69. The predicted octanol–water partition coefficient (Wildman–Crippen LogP) is 2.97. The molecule has 0 spiro atoms. The zero-order chi connectivity index (χ0) is 14.8. The smallest absolute Gasteiger partial charge is 0.164 e. The maximum absolute atomic E-state index is 6.04. The van der Waals surface area contributed by atoms with Gasteiger partial charge in [0.05, 0.1) is 12.6 Å². The molecule has 0 aliphatic carbocycles. The van der Waals surface area contributed by atoms with Gasteiger partial charge in [0.2, 0.25) is 0 Å². The van der Waals surface area contributed by atoms with Crippen LogP contribution in [0, 0.1) is 0 Å². The van der Waals surface area contributed by atoms with E-state index >= 15 is 0 Å². The van der Waals surface area contributed by atoms with Crippen molar-refractivity contribution in [2.75, 3.05) is 0 Å². The standard InChI is InChI=1S/C16H20N4O/c1-4-12-13-7-5-6-8-14(13)21-16(12)11(2)17-9-15-18-10-20(3)19-15/h5-8,10-11,17H,4,9H2,1-3H3. The molecule has 5 nitrogen and oxygen atoms in total. The number of nitrogens with zero attached hydrogens (tertiary/aromatic N) is 3. The summed E-state index contributed by atoms with van der Waals surface area (Å²) in [6.45, 7) is 4.90. The van der Waals surface area contributed by atoms with E-state index in [-0.39, 0.29) is 6.04 Å². The third-order valence-electron chi connectivity index (χ3n) is 3.69. The summed E-state index contributed by atoms with van der Waals surface area (Å²) in [5.74, 6) is 1.80. The maximum atomic E-state index is 6.04. The summed E-state index contributed by atoms with van der Waals surface area (Å²) in [5, 5.41) is 8.91. The third kappa shape index (κ3) is 2.69. The van der Waals surface area contributed by atoms with Gasteiger partial charge in [0.15, 0.2) is 5.82 Å². The first-order valence-electron chi connectivity index (χ1n) is 7.27. The van der Waals surface area contributed by atoms with Gasteiger partial charge in [0.25, 0.3) is 0 Å². The van der Waals surface area contributed by atoms with Gasteiger partial charge in [0, 0.05) is 18.0 Å². The Hall–Kier alpha value is -2.14. The fraction of sp³-hybridized carbons (Fsp3) is 0.375. The minimum atomic E-state index is 0.121. The normalized spacial score (nSPS) is 12.9. The molecule has 0 aliphatic heterocycles. The lowest BCUT2D eigenvalue weighted by atomic mass is 10.1. The zero-order valence-electron chi connectivity index (χ0n) is 12.6. The van der Waals surface area contributed by atoms with Crippen LogP contribution in [0.2, 0.25) is 0 Å². The van der Waals surface area contributed by atoms with E-state index in [9.17, 15) is 0 Å². The Kier molecular flexibility index (Phi) is 3.75. The summed E-state index contributed by atoms with van der Waals surface area (Å²) in [4.78, 5) is 4.23. The van der Waals surface area contributed by atoms with Gasteiger partial charge in [0.1, 0.15) is 17.7 Å². The van der Waals surface area contributed by atoms with Gasteiger partial charge in [-0.2, -0.15) is 5.10 Å². The molecule has 0 bridgehead atoms. The molecule has 0 amide bonds. The SMILES string of the molecule is CCc1c(C(C)NCc2ncn(C)n2)oc2ccccc12. The molecule has 3 aromatic rings. The van der Waals surface area contributed by atoms with Crippen LogP contribution in [0.4, 0.5) is 0 Å². The molecule has 1 N–H and O–H groups in total. The van der Waals surface area contributed by atoms with Gasteiger partial charge in [-0.25, -0.2) is 4.98 Å². The molecule has 0 aliphatic rings. The number of benzene rings is 1. The molecule has 1 atom stereocenters. The second-order valence-electron chi connectivity index (χ2n) is 5.23. The van der Waals surface area contributed by atoms with Gasteiger partial charge in [-0.15, -0.1) is 0 Å². The maximum Gasteiger partial charge on any atom is 0.164 e. The van der Waals surface area contributed by atoms with E-state index in [2.05, 4.69) is 41.4 Å². The lowest BCUT2D eigenvalue weighted by Crippen LogP contribution is -2.19. The van der Waals surface area contributed by atoms with Crippen LogP contribution >= 0.6 is 0 Å². The number of fused-ring (bicyclic) bond motifs is 1. The molecule has 0 saturated heterocycles. The largest absolute Gasteiger partial charge is 0.459 e. The van der Waals surface area contributed by atoms with E-state index in [1.807, 2.05) is 19.2 Å². The van der Waals surface area contributed by atoms with E-state index in [0.717, 1.165) is 23.6 Å². The quantitative estimate of drug-likeness (QED) is 0.782. The predicted molar refractivity (Wildman–Crippen MR) is 81.8 cm³/mol. The Bertz CT molecular complexity index is 744. The molecular weight excluding hydrogens is 264 g/mol. The van der Waals surface area contributed by atoms with Crippen molar-refractivity contribution in [3.05, 3.63) is 47.7 Å². The number of furan rings is 1. The second-order valence-corrected chi connectivity index (χ2v) is 5.23. The number of aromatic nitrogens is 3. The van der Waals surface area contributed by atoms with Crippen molar-refractivity contribution >= 4 is 11.0 Å². The molecule has 0 saturated carbocycles. The van der Waals surface area contributed by atoms with Crippen molar-refractivity contribution in [1.29, 1.82) is 0 Å². The summed E-state index contributed by atoms with van der Waals surface area (Å²) in [6, 6.07) is 8.32. The average Bonchev–Trinajstić information content (AvgIpc) is 3.07. The van der Waals surface area contributed by atoms with Crippen molar-refractivity contribution in [2.45, 2.75) is 32.9 Å². The van der Waals surface area contributed by atoms with Crippen molar-refractivity contribution in [2.24, 2.45) is 7.05 Å². The van der Waals surface area contributed by atoms with Crippen LogP contribution in [0.15, 0.2) is 35.0 Å². The van der Waals surface area contributed by atoms with E-state index < -0.39 is 0 Å². The van der Waals surface area contributed by atoms with Gasteiger partial charge < -0.3 is 9.73 Å². The topological polar surface area (TPSA) is 55.9 Å². The van der Waals surface area contributed by atoms with Crippen LogP contribution in [0.25, 0.3) is 11.0 Å². The first-order valence-corrected chi connectivity index (χ1v) is 7.27. The molecule has 1 unspecified atom stereocenters. The molecule has 21 heavy (non-hydrogen) atoms. The lowest BCUT2D eigenvalue weighted by Gasteiger charge is -2.11. The fourth-order valence-corrected chi connectivity index (χ4v) is 2.63. The molecule has 1 aromatic carbocycles. The van der Waals surface area contributed by atoms with Crippen molar-refractivity contribution < 1.29 is 4.42 Å². The summed E-state index contributed by atoms with van der Waals surface area (Å²) < 4.78 is 7.75. The molecule has 0 radical (unpaired) electrons. The Morgan fingerprint density at radius 1 is 1.33 bits per heavy atom. The summed E-state index contributed by atoms with van der Waals surface area (Å²) in [6.07, 6.45) is 2.67. The summed E-state index contributed by atoms with van der Waals surface area (Å²) in [7, 11) is 1.87. The van der Waals surface area contributed by atoms with Crippen LogP contribution in [-0.4, -0.2) is 14.8 Å². The number of rotatable bonds is 5. The molecule has 3 rings (SSSR count). The van der Waals surface area contributed by atoms with E-state index in [4.69, 9.17) is 4.42 Å². The minimum Gasteiger partial charge on any atom is -0.459 e. The average molecular weight is 284 g/mol. The highest BCUT2D eigenvalue weighted by Gasteiger charge is 2.18. The fourth-order valence-electron chi connectivity index (χ4n) is 2.63. The Morgan fingerprint density at radius 3 is 2.86 bits per heavy atom. The Morgan fingerprint density at radius 2 is 2.14 bits per heavy atom. The van der Waals surface area contributed by atoms with Crippen LogP contribution < -0.4 is 5.32 Å². The number of para-hydroxylation sites is 1. The number of aryl methyl sites for hydroxylation is 2. The number of hydrogen-bond acceptors (Lipinski definition) is 4. The highest BCUT2D eigenvalue weighted by Crippen LogP contribution is 2.30. The zero-order valence-corrected chi connectivity index (χ0v) is 12.6. The first-order chi connectivity index (χ1) is 10.2. The lowest BCUT2D eigenvalue weighted by molar-refractivity contribution is 0.441. The van der Waals surface area contributed by atoms with Gasteiger partial charge in [-0.05, 0) is 19.4 Å². The number of nitrogens with one attached hydrogen (secondary N) is 1. The van der Waals surface area contributed by atoms with Gasteiger partial charge in [-0.3, -0.25) is 4.68 Å². The highest BCUT2D eigenvalue weighted by molar-refractivity contribution is 5.82. The second kappa shape index (κ2) is 5.69. The molecule has 2 aromatic heterocycles. The van der Waals surface area contributed by atoms with E-state index in [0.29, 0.717) is 6.54 Å².